The van der Waals surface area contributed by atoms with Gasteiger partial charge in [-0.25, -0.2) is 4.79 Å². The lowest BCUT2D eigenvalue weighted by Gasteiger charge is -2.12. The van der Waals surface area contributed by atoms with Gasteiger partial charge in [0.05, 0.1) is 5.52 Å². The second-order valence-electron chi connectivity index (χ2n) is 3.60. The summed E-state index contributed by atoms with van der Waals surface area (Å²) in [4.78, 5) is 22.8. The lowest BCUT2D eigenvalue weighted by Crippen LogP contribution is -2.17. The van der Waals surface area contributed by atoms with E-state index < -0.39 is 5.97 Å². The van der Waals surface area contributed by atoms with E-state index in [1.165, 1.54) is 0 Å². The zero-order valence-electron chi connectivity index (χ0n) is 9.11. The quantitative estimate of drug-likeness (QED) is 0.891. The SMILES string of the molecule is CCn1c(C(=O)O)cc(=O)c2cc(Cl)ccc21. The third-order valence-electron chi connectivity index (χ3n) is 2.61. The second-order valence-corrected chi connectivity index (χ2v) is 4.04. The van der Waals surface area contributed by atoms with Gasteiger partial charge in [-0.3, -0.25) is 4.79 Å². The van der Waals surface area contributed by atoms with Crippen LogP contribution >= 0.6 is 11.6 Å². The summed E-state index contributed by atoms with van der Waals surface area (Å²) in [6.07, 6.45) is 0. The average Bonchev–Trinajstić information content (AvgIpc) is 2.29. The van der Waals surface area contributed by atoms with Crippen molar-refractivity contribution in [2.24, 2.45) is 0 Å². The molecule has 0 aliphatic rings. The number of fused-ring (bicyclic) bond motifs is 1. The number of hydrogen-bond donors (Lipinski definition) is 1. The molecule has 0 saturated heterocycles. The van der Waals surface area contributed by atoms with Crippen molar-refractivity contribution in [3.05, 3.63) is 45.2 Å². The molecule has 0 saturated carbocycles. The zero-order chi connectivity index (χ0) is 12.6. The molecule has 2 aromatic rings. The van der Waals surface area contributed by atoms with Crippen LogP contribution in [0, 0.1) is 0 Å². The second kappa shape index (κ2) is 4.22. The van der Waals surface area contributed by atoms with Gasteiger partial charge in [0.2, 0.25) is 0 Å². The van der Waals surface area contributed by atoms with Crippen LogP contribution in [0.25, 0.3) is 10.9 Å². The van der Waals surface area contributed by atoms with E-state index in [9.17, 15) is 9.59 Å². The number of aryl methyl sites for hydroxylation is 1. The molecule has 0 bridgehead atoms. The Morgan fingerprint density at radius 1 is 1.41 bits per heavy atom. The number of carboxylic acid groups (broad SMARTS) is 1. The van der Waals surface area contributed by atoms with Gasteiger partial charge in [-0.1, -0.05) is 11.6 Å². The summed E-state index contributed by atoms with van der Waals surface area (Å²) in [5.74, 6) is -1.11. The Morgan fingerprint density at radius 3 is 2.71 bits per heavy atom. The van der Waals surface area contributed by atoms with Gasteiger partial charge >= 0.3 is 5.97 Å². The van der Waals surface area contributed by atoms with Crippen LogP contribution in [-0.4, -0.2) is 15.6 Å². The van der Waals surface area contributed by atoms with Gasteiger partial charge < -0.3 is 9.67 Å². The Bertz CT molecular complexity index is 661. The fourth-order valence-corrected chi connectivity index (χ4v) is 2.04. The number of aromatic carboxylic acids is 1. The van der Waals surface area contributed by atoms with Crippen LogP contribution in [0.2, 0.25) is 5.02 Å². The lowest BCUT2D eigenvalue weighted by atomic mass is 10.1. The first kappa shape index (κ1) is 11.7. The smallest absolute Gasteiger partial charge is 0.352 e. The van der Waals surface area contributed by atoms with E-state index in [1.54, 1.807) is 22.8 Å². The summed E-state index contributed by atoms with van der Waals surface area (Å²) < 4.78 is 1.58. The van der Waals surface area contributed by atoms with E-state index in [1.807, 2.05) is 6.92 Å². The molecule has 1 N–H and O–H groups in total. The van der Waals surface area contributed by atoms with Crippen molar-refractivity contribution in [3.63, 3.8) is 0 Å². The zero-order valence-corrected chi connectivity index (χ0v) is 9.86. The normalized spacial score (nSPS) is 10.7. The number of nitrogens with zero attached hydrogens (tertiary/aromatic N) is 1. The molecule has 0 atom stereocenters. The first-order chi connectivity index (χ1) is 8.04. The van der Waals surface area contributed by atoms with Crippen LogP contribution in [0.15, 0.2) is 29.1 Å². The fraction of sp³-hybridized carbons (Fsp3) is 0.167. The Kier molecular flexibility index (Phi) is 2.90. The number of carbonyl (C=O) groups is 1. The van der Waals surface area contributed by atoms with Gasteiger partial charge in [-0.15, -0.1) is 0 Å². The molecule has 0 unspecified atom stereocenters. The molecule has 17 heavy (non-hydrogen) atoms. The minimum absolute atomic E-state index is 0.00711. The third-order valence-corrected chi connectivity index (χ3v) is 2.84. The summed E-state index contributed by atoms with van der Waals surface area (Å²) in [6, 6.07) is 5.98. The maximum atomic E-state index is 11.8. The molecule has 0 aliphatic carbocycles. The number of rotatable bonds is 2. The van der Waals surface area contributed by atoms with Crippen LogP contribution in [0.3, 0.4) is 0 Å². The highest BCUT2D eigenvalue weighted by molar-refractivity contribution is 6.31. The molecule has 1 aromatic heterocycles. The number of carboxylic acids is 1. The molecule has 0 fully saturated rings. The van der Waals surface area contributed by atoms with E-state index >= 15 is 0 Å². The minimum atomic E-state index is -1.11. The molecule has 5 heteroatoms. The Hall–Kier alpha value is -1.81. The molecule has 1 heterocycles. The van der Waals surface area contributed by atoms with Crippen molar-refractivity contribution in [2.45, 2.75) is 13.5 Å². The fourth-order valence-electron chi connectivity index (χ4n) is 1.87. The number of halogens is 1. The summed E-state index contributed by atoms with van der Waals surface area (Å²) in [7, 11) is 0. The summed E-state index contributed by atoms with van der Waals surface area (Å²) in [6.45, 7) is 2.30. The van der Waals surface area contributed by atoms with E-state index in [0.717, 1.165) is 6.07 Å². The molecule has 88 valence electrons. The topological polar surface area (TPSA) is 59.3 Å². The Balaban J connectivity index is 2.96. The average molecular weight is 252 g/mol. The predicted molar refractivity (Wildman–Crippen MR) is 65.9 cm³/mol. The van der Waals surface area contributed by atoms with Crippen LogP contribution < -0.4 is 5.43 Å². The van der Waals surface area contributed by atoms with Gasteiger partial charge in [0.15, 0.2) is 5.43 Å². The molecule has 0 spiro atoms. The third kappa shape index (κ3) is 1.91. The van der Waals surface area contributed by atoms with Gasteiger partial charge in [0.25, 0.3) is 0 Å². The molecule has 0 amide bonds. The van der Waals surface area contributed by atoms with E-state index in [-0.39, 0.29) is 11.1 Å². The summed E-state index contributed by atoms with van der Waals surface area (Å²) >= 11 is 5.82. The maximum absolute atomic E-state index is 11.8. The van der Waals surface area contributed by atoms with Crippen LogP contribution in [0.5, 0.6) is 0 Å². The number of benzene rings is 1. The minimum Gasteiger partial charge on any atom is -0.477 e. The van der Waals surface area contributed by atoms with Crippen molar-refractivity contribution in [1.82, 2.24) is 4.57 Å². The van der Waals surface area contributed by atoms with Gasteiger partial charge in [0.1, 0.15) is 5.69 Å². The van der Waals surface area contributed by atoms with Crippen molar-refractivity contribution >= 4 is 28.5 Å². The highest BCUT2D eigenvalue weighted by Crippen LogP contribution is 2.18. The molecule has 4 nitrogen and oxygen atoms in total. The van der Waals surface area contributed by atoms with Crippen molar-refractivity contribution in [1.29, 1.82) is 0 Å². The van der Waals surface area contributed by atoms with Crippen molar-refractivity contribution in [2.75, 3.05) is 0 Å². The highest BCUT2D eigenvalue weighted by atomic mass is 35.5. The standard InChI is InChI=1S/C12H10ClNO3/c1-2-14-9-4-3-7(13)5-8(9)11(15)6-10(14)12(16)17/h3-6H,2H2,1H3,(H,16,17). The van der Waals surface area contributed by atoms with E-state index in [2.05, 4.69) is 0 Å². The molecule has 0 aliphatic heterocycles. The molecule has 1 aromatic carbocycles. The number of aromatic nitrogens is 1. The van der Waals surface area contributed by atoms with Gasteiger partial charge in [0, 0.05) is 23.0 Å². The highest BCUT2D eigenvalue weighted by Gasteiger charge is 2.13. The van der Waals surface area contributed by atoms with Crippen molar-refractivity contribution in [3.8, 4) is 0 Å². The number of pyridine rings is 1. The first-order valence-corrected chi connectivity index (χ1v) is 5.48. The van der Waals surface area contributed by atoms with Gasteiger partial charge in [-0.05, 0) is 25.1 Å². The molecule has 0 radical (unpaired) electrons. The molecular weight excluding hydrogens is 242 g/mol. The van der Waals surface area contributed by atoms with Crippen molar-refractivity contribution < 1.29 is 9.90 Å². The van der Waals surface area contributed by atoms with E-state index in [0.29, 0.717) is 22.5 Å². The largest absolute Gasteiger partial charge is 0.477 e. The lowest BCUT2D eigenvalue weighted by molar-refractivity contribution is 0.0685. The predicted octanol–water partition coefficient (Wildman–Crippen LogP) is 2.37. The molecule has 2 rings (SSSR count). The molecular formula is C12H10ClNO3. The summed E-state index contributed by atoms with van der Waals surface area (Å²) in [5, 5.41) is 9.94. The van der Waals surface area contributed by atoms with E-state index in [4.69, 9.17) is 16.7 Å². The number of hydrogen-bond acceptors (Lipinski definition) is 2. The van der Waals surface area contributed by atoms with Gasteiger partial charge in [-0.2, -0.15) is 0 Å². The monoisotopic (exact) mass is 251 g/mol. The maximum Gasteiger partial charge on any atom is 0.352 e. The van der Waals surface area contributed by atoms with Crippen LogP contribution in [-0.2, 0) is 6.54 Å². The van der Waals surface area contributed by atoms with Crippen LogP contribution in [0.4, 0.5) is 0 Å². The Labute approximate surface area is 102 Å². The Morgan fingerprint density at radius 2 is 2.12 bits per heavy atom. The summed E-state index contributed by atoms with van der Waals surface area (Å²) in [5.41, 5.74) is 0.249. The first-order valence-electron chi connectivity index (χ1n) is 5.11. The van der Waals surface area contributed by atoms with Crippen LogP contribution in [0.1, 0.15) is 17.4 Å².